The fourth-order valence-electron chi connectivity index (χ4n) is 5.07. The van der Waals surface area contributed by atoms with E-state index in [1.165, 1.54) is 29.0 Å². The van der Waals surface area contributed by atoms with E-state index in [1.54, 1.807) is 19.2 Å². The summed E-state index contributed by atoms with van der Waals surface area (Å²) in [7, 11) is 5.66. The summed E-state index contributed by atoms with van der Waals surface area (Å²) in [5, 5.41) is 13.4. The second-order valence-corrected chi connectivity index (χ2v) is 9.32. The number of fused-ring (bicyclic) bond motifs is 1. The third-order valence-corrected chi connectivity index (χ3v) is 6.81. The van der Waals surface area contributed by atoms with E-state index in [0.29, 0.717) is 29.9 Å². The fraction of sp³-hybridized carbons (Fsp3) is 0.560. The number of hydrogen-bond acceptors (Lipinski definition) is 6. The monoisotopic (exact) mass is 453 g/mol. The number of amides is 1. The molecule has 0 aliphatic heterocycles. The van der Waals surface area contributed by atoms with Gasteiger partial charge in [0.05, 0.1) is 18.5 Å². The number of benzene rings is 1. The van der Waals surface area contributed by atoms with Gasteiger partial charge in [-0.25, -0.2) is 9.78 Å². The van der Waals surface area contributed by atoms with Crippen LogP contribution in [0.1, 0.15) is 49.8 Å². The van der Waals surface area contributed by atoms with Gasteiger partial charge >= 0.3 is 6.09 Å². The minimum Gasteiger partial charge on any atom is -0.495 e. The second-order valence-electron chi connectivity index (χ2n) is 9.32. The lowest BCUT2D eigenvalue weighted by atomic mass is 9.85. The first-order valence-electron chi connectivity index (χ1n) is 11.9. The standard InChI is InChI=1S/C25H35N5O3/c1-29(2)23-19-8-4-5-9-20(19)27-24(28-23)26-18-14-12-17(13-15-18)16-30(25(31)32)21-10-6-7-11-22(21)33-3/h6-7,10-11,17-18H,4-5,8-9,12-16H2,1-3H3,(H,31,32)(H,26,27,28)/t17-,18+. The van der Waals surface area contributed by atoms with Gasteiger partial charge in [-0.05, 0) is 69.4 Å². The molecule has 0 saturated heterocycles. The second kappa shape index (κ2) is 10.3. The largest absolute Gasteiger partial charge is 0.495 e. The van der Waals surface area contributed by atoms with Crippen molar-refractivity contribution in [1.82, 2.24) is 9.97 Å². The molecular formula is C25H35N5O3. The summed E-state index contributed by atoms with van der Waals surface area (Å²) in [6.07, 6.45) is 7.39. The van der Waals surface area contributed by atoms with Crippen LogP contribution in [-0.4, -0.2) is 55.0 Å². The zero-order valence-electron chi connectivity index (χ0n) is 19.9. The van der Waals surface area contributed by atoms with Crippen molar-refractivity contribution >= 4 is 23.5 Å². The molecule has 8 heteroatoms. The Hall–Kier alpha value is -3.03. The Morgan fingerprint density at radius 3 is 2.55 bits per heavy atom. The third-order valence-electron chi connectivity index (χ3n) is 6.81. The highest BCUT2D eigenvalue weighted by molar-refractivity contribution is 5.88. The van der Waals surface area contributed by atoms with E-state index in [4.69, 9.17) is 14.7 Å². The Kier molecular flexibility index (Phi) is 7.20. The van der Waals surface area contributed by atoms with Crippen molar-refractivity contribution in [3.05, 3.63) is 35.5 Å². The Balaban J connectivity index is 1.39. The molecule has 0 bridgehead atoms. The van der Waals surface area contributed by atoms with Crippen molar-refractivity contribution < 1.29 is 14.6 Å². The molecule has 1 amide bonds. The molecule has 0 radical (unpaired) electrons. The van der Waals surface area contributed by atoms with E-state index in [0.717, 1.165) is 50.3 Å². The molecule has 1 aromatic carbocycles. The smallest absolute Gasteiger partial charge is 0.411 e. The van der Waals surface area contributed by atoms with Crippen molar-refractivity contribution in [3.63, 3.8) is 0 Å². The van der Waals surface area contributed by atoms with E-state index >= 15 is 0 Å². The molecule has 1 heterocycles. The molecule has 4 rings (SSSR count). The van der Waals surface area contributed by atoms with Crippen LogP contribution >= 0.6 is 0 Å². The van der Waals surface area contributed by atoms with Crippen LogP contribution in [0.15, 0.2) is 24.3 Å². The zero-order chi connectivity index (χ0) is 23.4. The van der Waals surface area contributed by atoms with Gasteiger partial charge in [0.2, 0.25) is 5.95 Å². The summed E-state index contributed by atoms with van der Waals surface area (Å²) < 4.78 is 5.38. The maximum absolute atomic E-state index is 12.0. The van der Waals surface area contributed by atoms with Gasteiger partial charge in [0.15, 0.2) is 0 Å². The van der Waals surface area contributed by atoms with Crippen LogP contribution in [0.2, 0.25) is 0 Å². The zero-order valence-corrected chi connectivity index (χ0v) is 19.9. The van der Waals surface area contributed by atoms with Crippen LogP contribution in [-0.2, 0) is 12.8 Å². The molecule has 2 aliphatic carbocycles. The normalized spacial score (nSPS) is 20.0. The number of ether oxygens (including phenoxy) is 1. The number of carbonyl (C=O) groups is 1. The molecule has 0 unspecified atom stereocenters. The highest BCUT2D eigenvalue weighted by atomic mass is 16.5. The SMILES string of the molecule is COc1ccccc1N(C[C@H]1CC[C@@H](Nc2nc3c(c(N(C)C)n2)CCCC3)CC1)C(=O)O. The summed E-state index contributed by atoms with van der Waals surface area (Å²) >= 11 is 0. The van der Waals surface area contributed by atoms with Crippen LogP contribution in [0.4, 0.5) is 22.2 Å². The molecule has 0 spiro atoms. The number of aryl methyl sites for hydroxylation is 1. The quantitative estimate of drug-likeness (QED) is 0.634. The van der Waals surface area contributed by atoms with Crippen LogP contribution < -0.4 is 19.9 Å². The topological polar surface area (TPSA) is 90.8 Å². The minimum absolute atomic E-state index is 0.308. The Morgan fingerprint density at radius 2 is 1.85 bits per heavy atom. The summed E-state index contributed by atoms with van der Waals surface area (Å²) in [6.45, 7) is 0.475. The lowest BCUT2D eigenvalue weighted by Gasteiger charge is -2.33. The average molecular weight is 454 g/mol. The number of nitrogens with zero attached hydrogens (tertiary/aromatic N) is 4. The predicted molar refractivity (Wildman–Crippen MR) is 131 cm³/mol. The highest BCUT2D eigenvalue weighted by Gasteiger charge is 2.28. The number of nitrogens with one attached hydrogen (secondary N) is 1. The first-order valence-corrected chi connectivity index (χ1v) is 11.9. The lowest BCUT2D eigenvalue weighted by molar-refractivity contribution is 0.198. The van der Waals surface area contributed by atoms with Gasteiger partial charge in [-0.1, -0.05) is 12.1 Å². The Labute approximate surface area is 196 Å². The molecule has 1 saturated carbocycles. The van der Waals surface area contributed by atoms with Gasteiger partial charge in [-0.3, -0.25) is 4.90 Å². The van der Waals surface area contributed by atoms with E-state index in [1.807, 2.05) is 26.2 Å². The molecule has 178 valence electrons. The van der Waals surface area contributed by atoms with E-state index in [9.17, 15) is 9.90 Å². The maximum Gasteiger partial charge on any atom is 0.411 e. The molecule has 1 aromatic heterocycles. The summed E-state index contributed by atoms with van der Waals surface area (Å²) in [4.78, 5) is 25.2. The van der Waals surface area contributed by atoms with E-state index in [2.05, 4.69) is 10.2 Å². The molecule has 2 aliphatic rings. The van der Waals surface area contributed by atoms with Crippen molar-refractivity contribution in [3.8, 4) is 5.75 Å². The molecule has 0 atom stereocenters. The first-order chi connectivity index (χ1) is 16.0. The Morgan fingerprint density at radius 1 is 1.12 bits per heavy atom. The number of aromatic nitrogens is 2. The van der Waals surface area contributed by atoms with E-state index < -0.39 is 6.09 Å². The van der Waals surface area contributed by atoms with Crippen LogP contribution in [0.3, 0.4) is 0 Å². The maximum atomic E-state index is 12.0. The van der Waals surface area contributed by atoms with Crippen molar-refractivity contribution in [2.24, 2.45) is 5.92 Å². The third kappa shape index (κ3) is 5.31. The molecule has 2 N–H and O–H groups in total. The van der Waals surface area contributed by atoms with Crippen LogP contribution in [0, 0.1) is 5.92 Å². The van der Waals surface area contributed by atoms with Gasteiger partial charge in [0.25, 0.3) is 0 Å². The molecule has 2 aromatic rings. The van der Waals surface area contributed by atoms with E-state index in [-0.39, 0.29) is 0 Å². The minimum atomic E-state index is -0.946. The lowest BCUT2D eigenvalue weighted by Crippen LogP contribution is -2.37. The van der Waals surface area contributed by atoms with Crippen LogP contribution in [0.25, 0.3) is 0 Å². The van der Waals surface area contributed by atoms with Crippen molar-refractivity contribution in [1.29, 1.82) is 0 Å². The van der Waals surface area contributed by atoms with Crippen LogP contribution in [0.5, 0.6) is 5.75 Å². The number of carboxylic acid groups (broad SMARTS) is 1. The molecule has 1 fully saturated rings. The molecular weight excluding hydrogens is 418 g/mol. The predicted octanol–water partition coefficient (Wildman–Crippen LogP) is 4.59. The number of para-hydroxylation sites is 2. The fourth-order valence-corrected chi connectivity index (χ4v) is 5.07. The Bertz CT molecular complexity index is 973. The highest BCUT2D eigenvalue weighted by Crippen LogP contribution is 2.33. The van der Waals surface area contributed by atoms with Gasteiger partial charge < -0.3 is 20.1 Å². The van der Waals surface area contributed by atoms with Gasteiger partial charge in [-0.15, -0.1) is 0 Å². The van der Waals surface area contributed by atoms with Gasteiger partial charge in [-0.2, -0.15) is 4.98 Å². The summed E-state index contributed by atoms with van der Waals surface area (Å²) in [6, 6.07) is 7.60. The van der Waals surface area contributed by atoms with Crippen molar-refractivity contribution in [2.75, 3.05) is 42.9 Å². The molecule has 33 heavy (non-hydrogen) atoms. The summed E-state index contributed by atoms with van der Waals surface area (Å²) in [5.74, 6) is 2.65. The number of anilines is 3. The first kappa shape index (κ1) is 23.1. The summed E-state index contributed by atoms with van der Waals surface area (Å²) in [5.41, 5.74) is 3.09. The van der Waals surface area contributed by atoms with Gasteiger partial charge in [0.1, 0.15) is 11.6 Å². The van der Waals surface area contributed by atoms with Gasteiger partial charge in [0, 0.05) is 32.2 Å². The number of hydrogen-bond donors (Lipinski definition) is 2. The number of rotatable bonds is 7. The molecule has 8 nitrogen and oxygen atoms in total. The number of methoxy groups -OCH3 is 1. The average Bonchev–Trinajstić information content (AvgIpc) is 2.82. The van der Waals surface area contributed by atoms with Crippen molar-refractivity contribution in [2.45, 2.75) is 57.4 Å².